The van der Waals surface area contributed by atoms with Crippen molar-refractivity contribution < 1.29 is 9.59 Å². The van der Waals surface area contributed by atoms with Crippen molar-refractivity contribution in [1.82, 2.24) is 14.8 Å². The van der Waals surface area contributed by atoms with Crippen LogP contribution in [0.4, 0.5) is 11.4 Å². The van der Waals surface area contributed by atoms with Gasteiger partial charge in [0, 0.05) is 41.4 Å². The Morgan fingerprint density at radius 3 is 2.31 bits per heavy atom. The van der Waals surface area contributed by atoms with Crippen molar-refractivity contribution in [3.8, 4) is 11.4 Å². The van der Waals surface area contributed by atoms with E-state index in [1.807, 2.05) is 116 Å². The Balaban J connectivity index is 1.15. The smallest absolute Gasteiger partial charge is 0.255 e. The molecule has 0 radical (unpaired) electrons. The zero-order valence-corrected chi connectivity index (χ0v) is 24.5. The van der Waals surface area contributed by atoms with Crippen LogP contribution in [0.25, 0.3) is 17.5 Å². The Morgan fingerprint density at radius 2 is 1.60 bits per heavy atom. The molecule has 210 valence electrons. The van der Waals surface area contributed by atoms with Crippen molar-refractivity contribution in [2.75, 3.05) is 10.6 Å². The first-order chi connectivity index (χ1) is 20.4. The maximum atomic E-state index is 12.7. The van der Waals surface area contributed by atoms with Crippen LogP contribution >= 0.6 is 11.8 Å². The monoisotopic (exact) mass is 573 g/mol. The lowest BCUT2D eigenvalue weighted by atomic mass is 10.1. The molecule has 4 aromatic carbocycles. The molecular weight excluding hydrogens is 542 g/mol. The third kappa shape index (κ3) is 7.21. The summed E-state index contributed by atoms with van der Waals surface area (Å²) in [6.45, 7) is 4.02. The van der Waals surface area contributed by atoms with Gasteiger partial charge in [-0.25, -0.2) is 0 Å². The number of carbonyl (C=O) groups excluding carboxylic acids is 2. The normalized spacial score (nSPS) is 11.0. The average Bonchev–Trinajstić information content (AvgIpc) is 3.37. The molecule has 0 bridgehead atoms. The van der Waals surface area contributed by atoms with Gasteiger partial charge >= 0.3 is 0 Å². The Kier molecular flexibility index (Phi) is 8.94. The van der Waals surface area contributed by atoms with Gasteiger partial charge in [-0.05, 0) is 79.1 Å². The summed E-state index contributed by atoms with van der Waals surface area (Å²) in [5, 5.41) is 15.4. The van der Waals surface area contributed by atoms with Gasteiger partial charge < -0.3 is 15.2 Å². The van der Waals surface area contributed by atoms with Crippen LogP contribution in [0.1, 0.15) is 32.6 Å². The lowest BCUT2D eigenvalue weighted by Crippen LogP contribution is -2.12. The predicted molar refractivity (Wildman–Crippen MR) is 170 cm³/mol. The number of rotatable bonds is 9. The fourth-order valence-corrected chi connectivity index (χ4v) is 5.23. The maximum absolute atomic E-state index is 12.7. The predicted octanol–water partition coefficient (Wildman–Crippen LogP) is 7.30. The molecular formula is C34H31N5O2S. The number of carbonyl (C=O) groups is 2. The van der Waals surface area contributed by atoms with E-state index in [9.17, 15) is 9.59 Å². The molecule has 2 N–H and O–H groups in total. The zero-order valence-electron chi connectivity index (χ0n) is 23.7. The molecule has 0 saturated heterocycles. The van der Waals surface area contributed by atoms with E-state index in [2.05, 4.69) is 26.9 Å². The molecule has 0 aliphatic carbocycles. The summed E-state index contributed by atoms with van der Waals surface area (Å²) < 4.78 is 1.95. The molecule has 0 saturated carbocycles. The molecule has 0 aliphatic heterocycles. The van der Waals surface area contributed by atoms with Crippen molar-refractivity contribution in [2.45, 2.75) is 24.8 Å². The fraction of sp³-hybridized carbons (Fsp3) is 0.118. The van der Waals surface area contributed by atoms with Gasteiger partial charge in [0.1, 0.15) is 0 Å². The molecule has 0 fully saturated rings. The van der Waals surface area contributed by atoms with Gasteiger partial charge in [0.15, 0.2) is 11.0 Å². The lowest BCUT2D eigenvalue weighted by molar-refractivity contribution is -0.111. The summed E-state index contributed by atoms with van der Waals surface area (Å²) in [6.07, 6.45) is 3.30. The second kappa shape index (κ2) is 13.1. The van der Waals surface area contributed by atoms with Crippen molar-refractivity contribution in [1.29, 1.82) is 0 Å². The second-order valence-electron chi connectivity index (χ2n) is 9.93. The Morgan fingerprint density at radius 1 is 0.857 bits per heavy atom. The Bertz CT molecular complexity index is 1730. The first kappa shape index (κ1) is 28.6. The number of aryl methyl sites for hydroxylation is 2. The number of anilines is 2. The van der Waals surface area contributed by atoms with Gasteiger partial charge in [0.25, 0.3) is 5.91 Å². The number of amides is 2. The molecule has 0 aliphatic rings. The van der Waals surface area contributed by atoms with Crippen LogP contribution in [0.15, 0.2) is 108 Å². The number of nitrogens with one attached hydrogen (secondary N) is 2. The summed E-state index contributed by atoms with van der Waals surface area (Å²) in [5.74, 6) is 1.09. The highest BCUT2D eigenvalue weighted by molar-refractivity contribution is 7.98. The highest BCUT2D eigenvalue weighted by Gasteiger charge is 2.13. The van der Waals surface area contributed by atoms with Crippen LogP contribution in [-0.4, -0.2) is 26.6 Å². The third-order valence-corrected chi connectivity index (χ3v) is 7.78. The summed E-state index contributed by atoms with van der Waals surface area (Å²) in [5.41, 5.74) is 7.26. The summed E-state index contributed by atoms with van der Waals surface area (Å²) in [7, 11) is 1.93. The first-order valence-corrected chi connectivity index (χ1v) is 14.5. The summed E-state index contributed by atoms with van der Waals surface area (Å²) >= 11 is 1.58. The highest BCUT2D eigenvalue weighted by atomic mass is 32.2. The Labute approximate surface area is 249 Å². The number of hydrogen-bond acceptors (Lipinski definition) is 5. The van der Waals surface area contributed by atoms with Crippen molar-refractivity contribution in [2.24, 2.45) is 7.05 Å². The standard InChI is InChI=1S/C34H31N5O2S/c1-23-9-19-30(24(2)21-23)36-33(41)28-13-10-26(11-14-28)22-42-34-38-37-32(39(34)3)27-15-17-29(18-16-27)35-31(40)20-12-25-7-5-4-6-8-25/h4-21H,22H2,1-3H3,(H,35,40)(H,36,41)/b20-12+. The van der Waals surface area contributed by atoms with Crippen LogP contribution < -0.4 is 10.6 Å². The number of nitrogens with zero attached hydrogens (tertiary/aromatic N) is 3. The van der Waals surface area contributed by atoms with Crippen LogP contribution in [-0.2, 0) is 17.6 Å². The quantitative estimate of drug-likeness (QED) is 0.143. The summed E-state index contributed by atoms with van der Waals surface area (Å²) in [6, 6.07) is 30.8. The largest absolute Gasteiger partial charge is 0.323 e. The SMILES string of the molecule is Cc1ccc(NC(=O)c2ccc(CSc3nnc(-c4ccc(NC(=O)/C=C/c5ccccc5)cc4)n3C)cc2)c(C)c1. The molecule has 2 amide bonds. The molecule has 0 unspecified atom stereocenters. The molecule has 5 aromatic rings. The zero-order chi connectivity index (χ0) is 29.5. The number of aromatic nitrogens is 3. The van der Waals surface area contributed by atoms with Gasteiger partial charge in [-0.1, -0.05) is 71.9 Å². The van der Waals surface area contributed by atoms with E-state index in [-0.39, 0.29) is 11.8 Å². The Hall–Kier alpha value is -4.95. The van der Waals surface area contributed by atoms with Gasteiger partial charge in [0.2, 0.25) is 5.91 Å². The minimum Gasteiger partial charge on any atom is -0.323 e. The number of benzene rings is 4. The molecule has 0 spiro atoms. The van der Waals surface area contributed by atoms with E-state index in [1.165, 1.54) is 6.08 Å². The molecule has 5 rings (SSSR count). The molecule has 8 heteroatoms. The topological polar surface area (TPSA) is 88.9 Å². The van der Waals surface area contributed by atoms with Gasteiger partial charge in [-0.15, -0.1) is 10.2 Å². The lowest BCUT2D eigenvalue weighted by Gasteiger charge is -2.10. The van der Waals surface area contributed by atoms with Gasteiger partial charge in [-0.2, -0.15) is 0 Å². The number of thioether (sulfide) groups is 1. The van der Waals surface area contributed by atoms with E-state index < -0.39 is 0 Å². The highest BCUT2D eigenvalue weighted by Crippen LogP contribution is 2.26. The van der Waals surface area contributed by atoms with Crippen LogP contribution in [0.3, 0.4) is 0 Å². The molecule has 7 nitrogen and oxygen atoms in total. The molecule has 0 atom stereocenters. The van der Waals surface area contributed by atoms with E-state index in [0.29, 0.717) is 17.0 Å². The van der Waals surface area contributed by atoms with Crippen LogP contribution in [0.2, 0.25) is 0 Å². The van der Waals surface area contributed by atoms with E-state index in [1.54, 1.807) is 17.8 Å². The molecule has 1 heterocycles. The van der Waals surface area contributed by atoms with Gasteiger partial charge in [-0.3, -0.25) is 9.59 Å². The maximum Gasteiger partial charge on any atom is 0.255 e. The third-order valence-electron chi connectivity index (χ3n) is 6.69. The minimum absolute atomic E-state index is 0.131. The second-order valence-corrected chi connectivity index (χ2v) is 10.9. The number of hydrogen-bond donors (Lipinski definition) is 2. The van der Waals surface area contributed by atoms with Crippen molar-refractivity contribution >= 4 is 41.0 Å². The van der Waals surface area contributed by atoms with Crippen LogP contribution in [0, 0.1) is 13.8 Å². The van der Waals surface area contributed by atoms with E-state index >= 15 is 0 Å². The van der Waals surface area contributed by atoms with Crippen LogP contribution in [0.5, 0.6) is 0 Å². The molecule has 1 aromatic heterocycles. The van der Waals surface area contributed by atoms with E-state index in [4.69, 9.17) is 0 Å². The van der Waals surface area contributed by atoms with Crippen molar-refractivity contribution in [3.63, 3.8) is 0 Å². The molecule has 42 heavy (non-hydrogen) atoms. The van der Waals surface area contributed by atoms with Gasteiger partial charge in [0.05, 0.1) is 0 Å². The minimum atomic E-state index is -0.195. The fourth-order valence-electron chi connectivity index (χ4n) is 4.36. The summed E-state index contributed by atoms with van der Waals surface area (Å²) in [4.78, 5) is 25.0. The van der Waals surface area contributed by atoms with E-state index in [0.717, 1.165) is 44.5 Å². The van der Waals surface area contributed by atoms with Crippen molar-refractivity contribution in [3.05, 3.63) is 131 Å². The first-order valence-electron chi connectivity index (χ1n) is 13.5. The average molecular weight is 574 g/mol.